The predicted molar refractivity (Wildman–Crippen MR) is 117 cm³/mol. The number of pyridine rings is 2. The van der Waals surface area contributed by atoms with Gasteiger partial charge in [-0.05, 0) is 78.8 Å². The first-order chi connectivity index (χ1) is 14.6. The number of hydrogen-bond acceptors (Lipinski definition) is 4. The first-order valence-corrected chi connectivity index (χ1v) is 10.2. The number of H-pyrrole nitrogens is 1. The zero-order chi connectivity index (χ0) is 20.7. The number of ether oxygens (including phenoxy) is 1. The summed E-state index contributed by atoms with van der Waals surface area (Å²) in [5.41, 5.74) is 8.32. The van der Waals surface area contributed by atoms with Crippen LogP contribution in [0.4, 0.5) is 0 Å². The first kappa shape index (κ1) is 18.6. The molecule has 0 bridgehead atoms. The van der Waals surface area contributed by atoms with Crippen molar-refractivity contribution >= 4 is 16.9 Å². The molecule has 1 saturated carbocycles. The van der Waals surface area contributed by atoms with E-state index in [0.29, 0.717) is 18.0 Å². The van der Waals surface area contributed by atoms with Crippen LogP contribution in [0.2, 0.25) is 0 Å². The fourth-order valence-electron chi connectivity index (χ4n) is 4.17. The van der Waals surface area contributed by atoms with Crippen LogP contribution < -0.4 is 0 Å². The molecule has 1 fully saturated rings. The molecule has 5 heteroatoms. The van der Waals surface area contributed by atoms with E-state index < -0.39 is 5.97 Å². The molecule has 1 N–H and O–H groups in total. The number of hydrogen-bond donors (Lipinski definition) is 1. The van der Waals surface area contributed by atoms with Crippen LogP contribution in [-0.2, 0) is 11.2 Å². The van der Waals surface area contributed by atoms with Crippen molar-refractivity contribution in [1.29, 1.82) is 0 Å². The second kappa shape index (κ2) is 7.41. The summed E-state index contributed by atoms with van der Waals surface area (Å²) in [5, 5.41) is 1.20. The van der Waals surface area contributed by atoms with Crippen LogP contribution in [0, 0.1) is 6.92 Å². The molecule has 0 unspecified atom stereocenters. The first-order valence-electron chi connectivity index (χ1n) is 10.2. The Kier molecular flexibility index (Phi) is 4.58. The molecule has 0 spiro atoms. The van der Waals surface area contributed by atoms with Gasteiger partial charge < -0.3 is 9.72 Å². The average Bonchev–Trinajstić information content (AvgIpc) is 3.57. The van der Waals surface area contributed by atoms with Crippen molar-refractivity contribution in [2.75, 3.05) is 7.11 Å². The third-order valence-electron chi connectivity index (χ3n) is 5.82. The molecular formula is C25H23N3O2. The van der Waals surface area contributed by atoms with Gasteiger partial charge in [0.15, 0.2) is 0 Å². The minimum atomic E-state index is -0.423. The largest absolute Gasteiger partial charge is 0.464 e. The van der Waals surface area contributed by atoms with Crippen LogP contribution in [0.15, 0.2) is 54.9 Å². The maximum Gasteiger partial charge on any atom is 0.356 e. The lowest BCUT2D eigenvalue weighted by Crippen LogP contribution is -2.06. The molecule has 0 aliphatic heterocycles. The lowest BCUT2D eigenvalue weighted by Gasteiger charge is -2.08. The number of carbonyl (C=O) groups is 1. The Labute approximate surface area is 175 Å². The van der Waals surface area contributed by atoms with E-state index in [0.717, 1.165) is 28.0 Å². The van der Waals surface area contributed by atoms with Gasteiger partial charge in [0.05, 0.1) is 12.8 Å². The van der Waals surface area contributed by atoms with Crippen LogP contribution in [0.3, 0.4) is 0 Å². The molecule has 30 heavy (non-hydrogen) atoms. The summed E-state index contributed by atoms with van der Waals surface area (Å²) in [6.07, 6.45) is 6.82. The van der Waals surface area contributed by atoms with Crippen molar-refractivity contribution in [2.24, 2.45) is 0 Å². The van der Waals surface area contributed by atoms with Gasteiger partial charge in [0, 0.05) is 41.0 Å². The van der Waals surface area contributed by atoms with Gasteiger partial charge >= 0.3 is 5.97 Å². The molecule has 0 amide bonds. The Morgan fingerprint density at radius 1 is 1.20 bits per heavy atom. The minimum absolute atomic E-state index is 0.324. The maximum atomic E-state index is 11.9. The number of methoxy groups -OCH3 is 1. The summed E-state index contributed by atoms with van der Waals surface area (Å²) in [7, 11) is 1.37. The summed E-state index contributed by atoms with van der Waals surface area (Å²) in [6.45, 7) is 2.20. The number of aryl methyl sites for hydroxylation is 1. The molecular weight excluding hydrogens is 374 g/mol. The number of benzene rings is 1. The average molecular weight is 397 g/mol. The van der Waals surface area contributed by atoms with Crippen molar-refractivity contribution in [2.45, 2.75) is 32.1 Å². The summed E-state index contributed by atoms with van der Waals surface area (Å²) in [6, 6.07) is 14.1. The Balaban J connectivity index is 1.65. The summed E-state index contributed by atoms with van der Waals surface area (Å²) >= 11 is 0. The summed E-state index contributed by atoms with van der Waals surface area (Å²) < 4.78 is 4.83. The van der Waals surface area contributed by atoms with E-state index in [4.69, 9.17) is 4.74 Å². The molecule has 150 valence electrons. The number of esters is 1. The Morgan fingerprint density at radius 3 is 2.80 bits per heavy atom. The fourth-order valence-corrected chi connectivity index (χ4v) is 4.17. The van der Waals surface area contributed by atoms with Gasteiger partial charge in [-0.15, -0.1) is 0 Å². The van der Waals surface area contributed by atoms with Gasteiger partial charge in [-0.3, -0.25) is 4.98 Å². The van der Waals surface area contributed by atoms with E-state index in [1.807, 2.05) is 24.4 Å². The number of aromatic nitrogens is 3. The highest BCUT2D eigenvalue weighted by molar-refractivity contribution is 5.92. The van der Waals surface area contributed by atoms with E-state index in [2.05, 4.69) is 40.1 Å². The molecule has 0 saturated heterocycles. The van der Waals surface area contributed by atoms with Gasteiger partial charge in [0.1, 0.15) is 5.69 Å². The van der Waals surface area contributed by atoms with Crippen LogP contribution in [0.1, 0.15) is 51.6 Å². The number of rotatable bonds is 5. The van der Waals surface area contributed by atoms with E-state index in [-0.39, 0.29) is 0 Å². The fraction of sp³-hybridized carbons (Fsp3) is 0.240. The highest BCUT2D eigenvalue weighted by atomic mass is 16.5. The molecule has 1 aromatic carbocycles. The quantitative estimate of drug-likeness (QED) is 0.471. The van der Waals surface area contributed by atoms with Gasteiger partial charge in [0.2, 0.25) is 0 Å². The number of aromatic amines is 1. The third-order valence-corrected chi connectivity index (χ3v) is 5.82. The highest BCUT2D eigenvalue weighted by Gasteiger charge is 2.26. The second-order valence-electron chi connectivity index (χ2n) is 7.93. The molecule has 1 aliphatic carbocycles. The second-order valence-corrected chi connectivity index (χ2v) is 7.93. The van der Waals surface area contributed by atoms with Gasteiger partial charge in [0.25, 0.3) is 0 Å². The number of carbonyl (C=O) groups excluding carboxylic acids is 1. The summed E-state index contributed by atoms with van der Waals surface area (Å²) in [4.78, 5) is 24.4. The third kappa shape index (κ3) is 3.36. The predicted octanol–water partition coefficient (Wildman–Crippen LogP) is 5.19. The van der Waals surface area contributed by atoms with Crippen molar-refractivity contribution < 1.29 is 9.53 Å². The Morgan fingerprint density at radius 2 is 2.07 bits per heavy atom. The standard InChI is InChI=1S/C25H23N3O2/c1-15-11-20-21(12-18-6-3-7-22(27-18)25(29)30-2)24(17-5-4-10-26-14-17)28-23(20)13-19(15)16-8-9-16/h3-7,10-11,13-14,16,28H,8-9,12H2,1-2H3. The molecule has 0 radical (unpaired) electrons. The normalized spacial score (nSPS) is 13.5. The van der Waals surface area contributed by atoms with E-state index in [9.17, 15) is 4.79 Å². The van der Waals surface area contributed by atoms with Crippen LogP contribution in [0.25, 0.3) is 22.2 Å². The lowest BCUT2D eigenvalue weighted by molar-refractivity contribution is 0.0593. The highest BCUT2D eigenvalue weighted by Crippen LogP contribution is 2.43. The smallest absolute Gasteiger partial charge is 0.356 e. The minimum Gasteiger partial charge on any atom is -0.464 e. The molecule has 4 aromatic rings. The molecule has 5 rings (SSSR count). The molecule has 3 aromatic heterocycles. The Bertz CT molecular complexity index is 1240. The van der Waals surface area contributed by atoms with Crippen LogP contribution in [0.5, 0.6) is 0 Å². The Hall–Kier alpha value is -3.47. The van der Waals surface area contributed by atoms with E-state index >= 15 is 0 Å². The summed E-state index contributed by atoms with van der Waals surface area (Å²) in [5.74, 6) is 0.273. The van der Waals surface area contributed by atoms with Crippen molar-refractivity contribution in [3.63, 3.8) is 0 Å². The van der Waals surface area contributed by atoms with Gasteiger partial charge in [-0.1, -0.05) is 6.07 Å². The molecule has 1 aliphatic rings. The van der Waals surface area contributed by atoms with Gasteiger partial charge in [-0.2, -0.15) is 0 Å². The molecule has 3 heterocycles. The SMILES string of the molecule is COC(=O)c1cccc(Cc2c(-c3cccnc3)[nH]c3cc(C4CC4)c(C)cc23)n1. The van der Waals surface area contributed by atoms with E-state index in [1.165, 1.54) is 36.5 Å². The number of fused-ring (bicyclic) bond motifs is 1. The topological polar surface area (TPSA) is 67.9 Å². The van der Waals surface area contributed by atoms with Gasteiger partial charge in [-0.25, -0.2) is 9.78 Å². The molecule has 5 nitrogen and oxygen atoms in total. The number of nitrogens with one attached hydrogen (secondary N) is 1. The zero-order valence-corrected chi connectivity index (χ0v) is 17.1. The lowest BCUT2D eigenvalue weighted by atomic mass is 9.97. The molecule has 0 atom stereocenters. The van der Waals surface area contributed by atoms with E-state index in [1.54, 1.807) is 12.3 Å². The van der Waals surface area contributed by atoms with Crippen molar-refractivity contribution in [1.82, 2.24) is 15.0 Å². The van der Waals surface area contributed by atoms with Crippen LogP contribution >= 0.6 is 0 Å². The van der Waals surface area contributed by atoms with Crippen molar-refractivity contribution in [3.8, 4) is 11.3 Å². The monoisotopic (exact) mass is 397 g/mol. The number of nitrogens with zero attached hydrogens (tertiary/aromatic N) is 2. The maximum absolute atomic E-state index is 11.9. The zero-order valence-electron chi connectivity index (χ0n) is 17.1. The van der Waals surface area contributed by atoms with Crippen LogP contribution in [-0.4, -0.2) is 28.0 Å². The van der Waals surface area contributed by atoms with Crippen molar-refractivity contribution in [3.05, 3.63) is 82.9 Å².